The zero-order valence-corrected chi connectivity index (χ0v) is 14.8. The Bertz CT molecular complexity index is 600. The van der Waals surface area contributed by atoms with E-state index in [2.05, 4.69) is 33.8 Å². The number of rotatable bonds is 4. The number of piperidine rings is 2. The van der Waals surface area contributed by atoms with E-state index in [1.54, 1.807) is 0 Å². The lowest BCUT2D eigenvalue weighted by Gasteiger charge is -2.48. The van der Waals surface area contributed by atoms with Gasteiger partial charge in [-0.25, -0.2) is 0 Å². The van der Waals surface area contributed by atoms with Crippen molar-refractivity contribution in [2.45, 2.75) is 70.9 Å². The molecule has 2 saturated heterocycles. The predicted octanol–water partition coefficient (Wildman–Crippen LogP) is 2.56. The SMILES string of the molecule is CC(C)N1CC2(CCC1=O)CCN(Cc1nnc(C3CC3)o1)CC2. The summed E-state index contributed by atoms with van der Waals surface area (Å²) in [7, 11) is 0. The Morgan fingerprint density at radius 2 is 1.96 bits per heavy atom. The normalized spacial score (nSPS) is 25.0. The molecule has 0 unspecified atom stereocenters. The minimum absolute atomic E-state index is 0.312. The third-order valence-corrected chi connectivity index (χ3v) is 6.00. The van der Waals surface area contributed by atoms with E-state index in [4.69, 9.17) is 4.42 Å². The summed E-state index contributed by atoms with van der Waals surface area (Å²) in [6.45, 7) is 8.06. The predicted molar refractivity (Wildman–Crippen MR) is 89.3 cm³/mol. The molecule has 1 saturated carbocycles. The molecular weight excluding hydrogens is 304 g/mol. The quantitative estimate of drug-likeness (QED) is 0.848. The second-order valence-electron chi connectivity index (χ2n) is 8.20. The molecule has 2 aliphatic heterocycles. The zero-order valence-electron chi connectivity index (χ0n) is 14.8. The third kappa shape index (κ3) is 3.21. The van der Waals surface area contributed by atoms with Crippen molar-refractivity contribution >= 4 is 5.91 Å². The minimum atomic E-state index is 0.312. The number of nitrogens with zero attached hydrogens (tertiary/aromatic N) is 4. The first-order valence-electron chi connectivity index (χ1n) is 9.39. The Morgan fingerprint density at radius 1 is 1.21 bits per heavy atom. The second-order valence-corrected chi connectivity index (χ2v) is 8.20. The topological polar surface area (TPSA) is 62.5 Å². The zero-order chi connectivity index (χ0) is 16.7. The molecule has 0 N–H and O–H groups in total. The first-order valence-corrected chi connectivity index (χ1v) is 9.39. The largest absolute Gasteiger partial charge is 0.424 e. The van der Waals surface area contributed by atoms with Gasteiger partial charge in [-0.3, -0.25) is 9.69 Å². The Hall–Kier alpha value is -1.43. The maximum atomic E-state index is 12.1. The summed E-state index contributed by atoms with van der Waals surface area (Å²) in [5, 5.41) is 8.39. The van der Waals surface area contributed by atoms with Crippen molar-refractivity contribution < 1.29 is 9.21 Å². The lowest BCUT2D eigenvalue weighted by Crippen LogP contribution is -2.53. The van der Waals surface area contributed by atoms with E-state index >= 15 is 0 Å². The van der Waals surface area contributed by atoms with Gasteiger partial charge in [-0.05, 0) is 64.5 Å². The van der Waals surface area contributed by atoms with Crippen LogP contribution >= 0.6 is 0 Å². The van der Waals surface area contributed by atoms with E-state index in [0.717, 1.165) is 57.2 Å². The molecule has 0 bridgehead atoms. The molecule has 0 radical (unpaired) electrons. The first-order chi connectivity index (χ1) is 11.5. The van der Waals surface area contributed by atoms with Gasteiger partial charge in [-0.1, -0.05) is 0 Å². The molecule has 1 spiro atoms. The smallest absolute Gasteiger partial charge is 0.230 e. The van der Waals surface area contributed by atoms with Crippen LogP contribution in [0.5, 0.6) is 0 Å². The van der Waals surface area contributed by atoms with Crippen molar-refractivity contribution in [3.8, 4) is 0 Å². The van der Waals surface area contributed by atoms with Crippen molar-refractivity contribution in [1.29, 1.82) is 0 Å². The number of hydrogen-bond acceptors (Lipinski definition) is 5. The van der Waals surface area contributed by atoms with Gasteiger partial charge in [0.25, 0.3) is 0 Å². The molecule has 1 aromatic heterocycles. The molecule has 1 aliphatic carbocycles. The lowest BCUT2D eigenvalue weighted by molar-refractivity contribution is -0.141. The molecule has 1 aromatic rings. The Labute approximate surface area is 143 Å². The van der Waals surface area contributed by atoms with E-state index in [1.807, 2.05) is 0 Å². The summed E-state index contributed by atoms with van der Waals surface area (Å²) >= 11 is 0. The van der Waals surface area contributed by atoms with Crippen LogP contribution in [0.4, 0.5) is 0 Å². The van der Waals surface area contributed by atoms with Crippen molar-refractivity contribution in [2.24, 2.45) is 5.41 Å². The van der Waals surface area contributed by atoms with Crippen LogP contribution in [0.3, 0.4) is 0 Å². The van der Waals surface area contributed by atoms with Gasteiger partial charge in [0, 0.05) is 24.9 Å². The minimum Gasteiger partial charge on any atom is -0.424 e. The van der Waals surface area contributed by atoms with Crippen LogP contribution in [0, 0.1) is 5.41 Å². The van der Waals surface area contributed by atoms with Crippen molar-refractivity contribution in [3.05, 3.63) is 11.8 Å². The Kier molecular flexibility index (Phi) is 4.11. The van der Waals surface area contributed by atoms with E-state index in [0.29, 0.717) is 29.7 Å². The highest BCUT2D eigenvalue weighted by Crippen LogP contribution is 2.41. The van der Waals surface area contributed by atoms with Gasteiger partial charge in [-0.15, -0.1) is 10.2 Å². The van der Waals surface area contributed by atoms with Gasteiger partial charge < -0.3 is 9.32 Å². The first kappa shape index (κ1) is 16.1. The van der Waals surface area contributed by atoms with Crippen LogP contribution < -0.4 is 0 Å². The van der Waals surface area contributed by atoms with Gasteiger partial charge in [-0.2, -0.15) is 0 Å². The maximum absolute atomic E-state index is 12.1. The van der Waals surface area contributed by atoms with E-state index in [-0.39, 0.29) is 0 Å². The van der Waals surface area contributed by atoms with Gasteiger partial charge >= 0.3 is 0 Å². The summed E-state index contributed by atoms with van der Waals surface area (Å²) in [5.41, 5.74) is 0.322. The molecule has 132 valence electrons. The number of amides is 1. The molecule has 6 heteroatoms. The van der Waals surface area contributed by atoms with Gasteiger partial charge in [0.2, 0.25) is 17.7 Å². The van der Waals surface area contributed by atoms with Gasteiger partial charge in [0.15, 0.2) is 0 Å². The highest BCUT2D eigenvalue weighted by atomic mass is 16.4. The summed E-state index contributed by atoms with van der Waals surface area (Å²) in [4.78, 5) is 16.6. The molecule has 3 aliphatic rings. The van der Waals surface area contributed by atoms with E-state index in [1.165, 1.54) is 12.8 Å². The molecule has 3 heterocycles. The van der Waals surface area contributed by atoms with Crippen LogP contribution in [-0.2, 0) is 11.3 Å². The molecule has 4 rings (SSSR count). The average molecular weight is 332 g/mol. The van der Waals surface area contributed by atoms with E-state index < -0.39 is 0 Å². The molecule has 0 aromatic carbocycles. The molecule has 1 amide bonds. The van der Waals surface area contributed by atoms with Crippen molar-refractivity contribution in [3.63, 3.8) is 0 Å². The molecular formula is C18H28N4O2. The number of aromatic nitrogens is 2. The monoisotopic (exact) mass is 332 g/mol. The van der Waals surface area contributed by atoms with Crippen molar-refractivity contribution in [1.82, 2.24) is 20.0 Å². The fourth-order valence-electron chi connectivity index (χ4n) is 4.13. The van der Waals surface area contributed by atoms with Crippen LogP contribution in [0.25, 0.3) is 0 Å². The summed E-state index contributed by atoms with van der Waals surface area (Å²) in [6, 6.07) is 0.312. The Balaban J connectivity index is 1.33. The molecule has 24 heavy (non-hydrogen) atoms. The fourth-order valence-corrected chi connectivity index (χ4v) is 4.13. The number of hydrogen-bond donors (Lipinski definition) is 0. The Morgan fingerprint density at radius 3 is 2.62 bits per heavy atom. The highest BCUT2D eigenvalue weighted by Gasteiger charge is 2.41. The van der Waals surface area contributed by atoms with Crippen LogP contribution in [0.2, 0.25) is 0 Å². The lowest BCUT2D eigenvalue weighted by atomic mass is 9.72. The molecule has 3 fully saturated rings. The summed E-state index contributed by atoms with van der Waals surface area (Å²) < 4.78 is 5.79. The molecule has 6 nitrogen and oxygen atoms in total. The highest BCUT2D eigenvalue weighted by molar-refractivity contribution is 5.77. The summed E-state index contributed by atoms with van der Waals surface area (Å²) in [6.07, 6.45) is 6.47. The number of carbonyl (C=O) groups excluding carboxylic acids is 1. The van der Waals surface area contributed by atoms with E-state index in [9.17, 15) is 4.79 Å². The number of likely N-dealkylation sites (tertiary alicyclic amines) is 2. The fraction of sp³-hybridized carbons (Fsp3) is 0.833. The number of carbonyl (C=O) groups is 1. The summed E-state index contributed by atoms with van der Waals surface area (Å²) in [5.74, 6) is 2.45. The van der Waals surface area contributed by atoms with Gasteiger partial charge in [0.1, 0.15) is 0 Å². The third-order valence-electron chi connectivity index (χ3n) is 6.00. The standard InChI is InChI=1S/C18H28N4O2/c1-13(2)22-12-18(6-5-16(22)23)7-9-21(10-8-18)11-15-19-20-17(24-15)14-3-4-14/h13-14H,3-12H2,1-2H3. The second kappa shape index (κ2) is 6.14. The van der Waals surface area contributed by atoms with Gasteiger partial charge in [0.05, 0.1) is 6.54 Å². The molecule has 0 atom stereocenters. The van der Waals surface area contributed by atoms with Crippen LogP contribution in [0.1, 0.15) is 70.1 Å². The van der Waals surface area contributed by atoms with Crippen molar-refractivity contribution in [2.75, 3.05) is 19.6 Å². The van der Waals surface area contributed by atoms with Crippen LogP contribution in [-0.4, -0.2) is 51.6 Å². The van der Waals surface area contributed by atoms with Crippen LogP contribution in [0.15, 0.2) is 4.42 Å². The maximum Gasteiger partial charge on any atom is 0.230 e. The average Bonchev–Trinajstić information content (AvgIpc) is 3.32.